The van der Waals surface area contributed by atoms with Crippen LogP contribution in [0.1, 0.15) is 27.7 Å². The molecular formula is C33H29N3O4S3. The molecule has 2 unspecified atom stereocenters. The Morgan fingerprint density at radius 2 is 1.63 bits per heavy atom. The molecule has 6 rings (SSSR count). The number of hydrogen-bond acceptors (Lipinski definition) is 8. The van der Waals surface area contributed by atoms with Gasteiger partial charge in [-0.15, -0.1) is 23.1 Å². The highest BCUT2D eigenvalue weighted by molar-refractivity contribution is 8.00. The summed E-state index contributed by atoms with van der Waals surface area (Å²) in [6.45, 7) is 0. The Balaban J connectivity index is 1.28. The van der Waals surface area contributed by atoms with Crippen LogP contribution in [0.15, 0.2) is 113 Å². The van der Waals surface area contributed by atoms with Crippen LogP contribution in [0.25, 0.3) is 0 Å². The number of esters is 1. The molecule has 3 aromatic carbocycles. The van der Waals surface area contributed by atoms with Crippen LogP contribution in [0.2, 0.25) is 0 Å². The molecule has 2 atom stereocenters. The maximum atomic E-state index is 14.1. The highest BCUT2D eigenvalue weighted by Gasteiger charge is 2.54. The summed E-state index contributed by atoms with van der Waals surface area (Å²) in [4.78, 5) is 47.6. The topological polar surface area (TPSA) is 88.6 Å². The number of β-lactam (4-membered cyclic amide) rings is 1. The van der Waals surface area contributed by atoms with Gasteiger partial charge < -0.3 is 10.1 Å². The molecule has 3 heterocycles. The van der Waals surface area contributed by atoms with Gasteiger partial charge in [0.1, 0.15) is 21.5 Å². The SMILES string of the molecule is CSc1ncc(CC2=C(C(=O)OC(c3ccccc3)c3ccccc3)N3C(=O)C(NC(=O)Cc4ccccc4)C3SC2)s1. The van der Waals surface area contributed by atoms with Crippen molar-refractivity contribution in [3.05, 3.63) is 130 Å². The molecular weight excluding hydrogens is 599 g/mol. The molecule has 218 valence electrons. The van der Waals surface area contributed by atoms with Crippen molar-refractivity contribution in [1.29, 1.82) is 0 Å². The third kappa shape index (κ3) is 6.41. The van der Waals surface area contributed by atoms with E-state index in [1.165, 1.54) is 4.90 Å². The Labute approximate surface area is 262 Å². The number of hydrogen-bond donors (Lipinski definition) is 1. The number of benzene rings is 3. The Bertz CT molecular complexity index is 1600. The average molecular weight is 628 g/mol. The fourth-order valence-electron chi connectivity index (χ4n) is 5.24. The Morgan fingerprint density at radius 1 is 1.00 bits per heavy atom. The zero-order valence-electron chi connectivity index (χ0n) is 23.3. The van der Waals surface area contributed by atoms with Crippen LogP contribution in [0.5, 0.6) is 0 Å². The van der Waals surface area contributed by atoms with Crippen LogP contribution in [0, 0.1) is 0 Å². The molecule has 43 heavy (non-hydrogen) atoms. The molecule has 0 radical (unpaired) electrons. The zero-order valence-corrected chi connectivity index (χ0v) is 25.8. The molecule has 1 aromatic heterocycles. The quantitative estimate of drug-likeness (QED) is 0.138. The lowest BCUT2D eigenvalue weighted by atomic mass is 9.99. The number of carbonyl (C=O) groups is 3. The number of ether oxygens (including phenoxy) is 1. The second-order valence-corrected chi connectivity index (χ2v) is 13.4. The van der Waals surface area contributed by atoms with Gasteiger partial charge in [0, 0.05) is 23.2 Å². The van der Waals surface area contributed by atoms with Gasteiger partial charge in [0.05, 0.1) is 6.42 Å². The maximum Gasteiger partial charge on any atom is 0.356 e. The minimum Gasteiger partial charge on any atom is -0.448 e. The van der Waals surface area contributed by atoms with E-state index in [1.807, 2.05) is 103 Å². The first-order chi connectivity index (χ1) is 21.0. The Hall–Kier alpha value is -3.86. The molecule has 0 spiro atoms. The fraction of sp³-hybridized carbons (Fsp3) is 0.212. The van der Waals surface area contributed by atoms with E-state index in [4.69, 9.17) is 4.74 Å². The molecule has 0 aliphatic carbocycles. The van der Waals surface area contributed by atoms with E-state index in [0.29, 0.717) is 12.2 Å². The molecule has 2 aliphatic heterocycles. The summed E-state index contributed by atoms with van der Waals surface area (Å²) < 4.78 is 7.19. The number of nitrogens with one attached hydrogen (secondary N) is 1. The molecule has 1 saturated heterocycles. The van der Waals surface area contributed by atoms with E-state index in [1.54, 1.807) is 34.9 Å². The summed E-state index contributed by atoms with van der Waals surface area (Å²) in [7, 11) is 0. The highest BCUT2D eigenvalue weighted by atomic mass is 32.2. The van der Waals surface area contributed by atoms with Crippen molar-refractivity contribution in [3.8, 4) is 0 Å². The van der Waals surface area contributed by atoms with Gasteiger partial charge in [-0.2, -0.15) is 0 Å². The van der Waals surface area contributed by atoms with Gasteiger partial charge in [-0.05, 0) is 28.5 Å². The summed E-state index contributed by atoms with van der Waals surface area (Å²) in [6, 6.07) is 27.9. The van der Waals surface area contributed by atoms with Gasteiger partial charge in [0.25, 0.3) is 5.91 Å². The predicted octanol–water partition coefficient (Wildman–Crippen LogP) is 5.64. The summed E-state index contributed by atoms with van der Waals surface area (Å²) in [5.41, 5.74) is 3.61. The lowest BCUT2D eigenvalue weighted by molar-refractivity contribution is -0.154. The van der Waals surface area contributed by atoms with Gasteiger partial charge in [-0.1, -0.05) is 103 Å². The monoisotopic (exact) mass is 627 g/mol. The normalized spacial score (nSPS) is 17.8. The van der Waals surface area contributed by atoms with E-state index >= 15 is 0 Å². The number of rotatable bonds is 10. The zero-order chi connectivity index (χ0) is 29.8. The molecule has 4 aromatic rings. The first-order valence-corrected chi connectivity index (χ1v) is 16.9. The minimum atomic E-state index is -0.712. The van der Waals surface area contributed by atoms with Crippen LogP contribution in [-0.2, 0) is 32.0 Å². The number of carbonyl (C=O) groups excluding carboxylic acids is 3. The average Bonchev–Trinajstić information content (AvgIpc) is 3.51. The van der Waals surface area contributed by atoms with Gasteiger partial charge in [0.2, 0.25) is 5.91 Å². The van der Waals surface area contributed by atoms with Crippen molar-refractivity contribution >= 4 is 52.6 Å². The number of amides is 2. The summed E-state index contributed by atoms with van der Waals surface area (Å²) in [5, 5.41) is 2.51. The molecule has 1 N–H and O–H groups in total. The lowest BCUT2D eigenvalue weighted by Crippen LogP contribution is -2.70. The van der Waals surface area contributed by atoms with Crippen molar-refractivity contribution < 1.29 is 19.1 Å². The first-order valence-electron chi connectivity index (χ1n) is 13.8. The van der Waals surface area contributed by atoms with Crippen LogP contribution < -0.4 is 5.32 Å². The Morgan fingerprint density at radius 3 is 2.23 bits per heavy atom. The third-order valence-corrected chi connectivity index (χ3v) is 10.6. The molecule has 7 nitrogen and oxygen atoms in total. The third-order valence-electron chi connectivity index (χ3n) is 7.29. The molecule has 10 heteroatoms. The Kier molecular flexibility index (Phi) is 8.97. The van der Waals surface area contributed by atoms with Gasteiger partial charge >= 0.3 is 5.97 Å². The number of fused-ring (bicyclic) bond motifs is 1. The summed E-state index contributed by atoms with van der Waals surface area (Å²) >= 11 is 4.70. The van der Waals surface area contributed by atoms with Crippen molar-refractivity contribution in [1.82, 2.24) is 15.2 Å². The van der Waals surface area contributed by atoms with Crippen molar-refractivity contribution in [2.45, 2.75) is 34.7 Å². The van der Waals surface area contributed by atoms with E-state index in [0.717, 1.165) is 31.5 Å². The summed E-state index contributed by atoms with van der Waals surface area (Å²) in [5.74, 6) is -0.577. The second-order valence-electron chi connectivity index (χ2n) is 10.1. The molecule has 2 aliphatic rings. The van der Waals surface area contributed by atoms with Gasteiger partial charge in [-0.3, -0.25) is 14.5 Å². The van der Waals surface area contributed by atoms with Gasteiger partial charge in [-0.25, -0.2) is 9.78 Å². The van der Waals surface area contributed by atoms with Crippen LogP contribution in [-0.4, -0.2) is 51.1 Å². The molecule has 2 amide bonds. The van der Waals surface area contributed by atoms with Gasteiger partial charge in [0.15, 0.2) is 6.10 Å². The van der Waals surface area contributed by atoms with E-state index < -0.39 is 23.5 Å². The predicted molar refractivity (Wildman–Crippen MR) is 171 cm³/mol. The fourth-order valence-corrected chi connectivity index (χ4v) is 8.08. The van der Waals surface area contributed by atoms with E-state index in [2.05, 4.69) is 10.3 Å². The van der Waals surface area contributed by atoms with Crippen LogP contribution in [0.4, 0.5) is 0 Å². The number of aromatic nitrogens is 1. The molecule has 0 bridgehead atoms. The summed E-state index contributed by atoms with van der Waals surface area (Å²) in [6.07, 6.45) is 3.81. The lowest BCUT2D eigenvalue weighted by Gasteiger charge is -2.50. The highest BCUT2D eigenvalue weighted by Crippen LogP contribution is 2.43. The molecule has 1 fully saturated rings. The minimum absolute atomic E-state index is 0.178. The second kappa shape index (κ2) is 13.2. The number of thioether (sulfide) groups is 2. The maximum absolute atomic E-state index is 14.1. The van der Waals surface area contributed by atoms with E-state index in [-0.39, 0.29) is 23.9 Å². The van der Waals surface area contributed by atoms with Crippen molar-refractivity contribution in [2.75, 3.05) is 12.0 Å². The molecule has 0 saturated carbocycles. The van der Waals surface area contributed by atoms with E-state index in [9.17, 15) is 14.4 Å². The smallest absolute Gasteiger partial charge is 0.356 e. The van der Waals surface area contributed by atoms with Crippen molar-refractivity contribution in [2.24, 2.45) is 0 Å². The standard InChI is InChI=1S/C33H29N3O4S3/c1-41-33-34-19-25(43-33)18-24-20-42-31-27(35-26(37)17-21-11-5-2-6-12-21)30(38)36(31)28(24)32(39)40-29(22-13-7-3-8-14-22)23-15-9-4-10-16-23/h2-16,19,27,29,31H,17-18,20H2,1H3,(H,35,37). The number of nitrogens with zero attached hydrogens (tertiary/aromatic N) is 2. The van der Waals surface area contributed by atoms with Crippen LogP contribution >= 0.6 is 34.9 Å². The first kappa shape index (κ1) is 29.2. The van der Waals surface area contributed by atoms with Crippen molar-refractivity contribution in [3.63, 3.8) is 0 Å². The largest absolute Gasteiger partial charge is 0.448 e. The number of thiazole rings is 1. The van der Waals surface area contributed by atoms with Crippen LogP contribution in [0.3, 0.4) is 0 Å².